The number of aromatic nitrogens is 1. The van der Waals surface area contributed by atoms with E-state index in [0.29, 0.717) is 0 Å². The van der Waals surface area contributed by atoms with Gasteiger partial charge in [-0.05, 0) is 38.2 Å². The summed E-state index contributed by atoms with van der Waals surface area (Å²) in [5.41, 5.74) is 3.87. The van der Waals surface area contributed by atoms with Crippen molar-refractivity contribution in [1.82, 2.24) is 15.6 Å². The van der Waals surface area contributed by atoms with Crippen LogP contribution in [0.2, 0.25) is 0 Å². The van der Waals surface area contributed by atoms with Crippen molar-refractivity contribution in [2.75, 3.05) is 31.6 Å². The Labute approximate surface area is 137 Å². The number of rotatable bonds is 7. The van der Waals surface area contributed by atoms with E-state index < -0.39 is 0 Å². The minimum atomic E-state index is 0.850. The first kappa shape index (κ1) is 16.7. The van der Waals surface area contributed by atoms with E-state index in [1.165, 1.54) is 22.2 Å². The largest absolute Gasteiger partial charge is 0.358 e. The number of para-hydroxylation sites is 1. The maximum atomic E-state index is 4.57. The minimum absolute atomic E-state index is 0.850. The van der Waals surface area contributed by atoms with E-state index in [1.807, 2.05) is 11.8 Å². The van der Waals surface area contributed by atoms with Gasteiger partial charge in [-0.3, -0.25) is 4.99 Å². The van der Waals surface area contributed by atoms with Crippen LogP contribution in [0.25, 0.3) is 10.9 Å². The van der Waals surface area contributed by atoms with Crippen molar-refractivity contribution in [2.45, 2.75) is 20.3 Å². The number of aryl methyl sites for hydroxylation is 1. The molecule has 0 saturated heterocycles. The number of nitrogens with one attached hydrogen (secondary N) is 3. The number of aliphatic imine (C=N–C) groups is 1. The third-order valence-corrected chi connectivity index (χ3v) is 4.19. The van der Waals surface area contributed by atoms with E-state index in [9.17, 15) is 0 Å². The van der Waals surface area contributed by atoms with Crippen molar-refractivity contribution in [2.24, 2.45) is 4.99 Å². The molecule has 0 bridgehead atoms. The van der Waals surface area contributed by atoms with Gasteiger partial charge in [-0.1, -0.05) is 18.2 Å². The molecule has 1 aromatic carbocycles. The average molecular weight is 318 g/mol. The summed E-state index contributed by atoms with van der Waals surface area (Å²) in [6, 6.07) is 8.49. The highest BCUT2D eigenvalue weighted by atomic mass is 32.2. The highest BCUT2D eigenvalue weighted by Gasteiger charge is 2.07. The van der Waals surface area contributed by atoms with E-state index >= 15 is 0 Å². The highest BCUT2D eigenvalue weighted by molar-refractivity contribution is 7.98. The molecule has 1 heterocycles. The molecule has 22 heavy (non-hydrogen) atoms. The molecule has 0 atom stereocenters. The second kappa shape index (κ2) is 8.73. The Balaban J connectivity index is 1.96. The summed E-state index contributed by atoms with van der Waals surface area (Å²) in [6.45, 7) is 6.86. The van der Waals surface area contributed by atoms with Crippen LogP contribution in [-0.4, -0.2) is 42.6 Å². The molecule has 0 aliphatic rings. The molecule has 5 heteroatoms. The Bertz CT molecular complexity index is 618. The molecule has 0 aliphatic carbocycles. The first-order valence-corrected chi connectivity index (χ1v) is 9.23. The van der Waals surface area contributed by atoms with Crippen molar-refractivity contribution in [3.63, 3.8) is 0 Å². The van der Waals surface area contributed by atoms with Crippen LogP contribution in [0.1, 0.15) is 18.2 Å². The zero-order valence-corrected chi connectivity index (χ0v) is 14.5. The third-order valence-electron chi connectivity index (χ3n) is 3.60. The molecule has 0 saturated carbocycles. The first-order chi connectivity index (χ1) is 10.8. The molecule has 0 amide bonds. The fourth-order valence-electron chi connectivity index (χ4n) is 2.55. The standard InChI is InChI=1S/C17H26N4S/c1-4-18-17(20-11-12-22-3)19-10-9-14-13(2)21-16-8-6-5-7-15(14)16/h5-8,21H,4,9-12H2,1-3H3,(H2,18,19,20). The monoisotopic (exact) mass is 318 g/mol. The van der Waals surface area contributed by atoms with E-state index in [4.69, 9.17) is 0 Å². The molecule has 0 unspecified atom stereocenters. The summed E-state index contributed by atoms with van der Waals surface area (Å²) in [6.07, 6.45) is 3.10. The lowest BCUT2D eigenvalue weighted by Gasteiger charge is -2.11. The van der Waals surface area contributed by atoms with E-state index in [-0.39, 0.29) is 0 Å². The topological polar surface area (TPSA) is 52.2 Å². The van der Waals surface area contributed by atoms with Crippen LogP contribution in [0.15, 0.2) is 29.3 Å². The van der Waals surface area contributed by atoms with Gasteiger partial charge >= 0.3 is 0 Å². The molecule has 4 nitrogen and oxygen atoms in total. The fourth-order valence-corrected chi connectivity index (χ4v) is 2.83. The second-order valence-corrected chi connectivity index (χ2v) is 6.19. The molecule has 2 aromatic rings. The van der Waals surface area contributed by atoms with Crippen LogP contribution < -0.4 is 10.6 Å². The average Bonchev–Trinajstić information content (AvgIpc) is 2.83. The summed E-state index contributed by atoms with van der Waals surface area (Å²) in [5.74, 6) is 1.96. The molecule has 0 spiro atoms. The van der Waals surface area contributed by atoms with E-state index in [1.54, 1.807) is 0 Å². The van der Waals surface area contributed by atoms with Crippen molar-refractivity contribution < 1.29 is 0 Å². The first-order valence-electron chi connectivity index (χ1n) is 7.83. The molecular formula is C17H26N4S. The van der Waals surface area contributed by atoms with Gasteiger partial charge in [0.2, 0.25) is 0 Å². The Morgan fingerprint density at radius 2 is 2.09 bits per heavy atom. The molecule has 0 radical (unpaired) electrons. The van der Waals surface area contributed by atoms with E-state index in [2.05, 4.69) is 65.0 Å². The van der Waals surface area contributed by atoms with Crippen LogP contribution in [0.5, 0.6) is 0 Å². The second-order valence-electron chi connectivity index (χ2n) is 5.20. The zero-order valence-electron chi connectivity index (χ0n) is 13.7. The van der Waals surface area contributed by atoms with Gasteiger partial charge in [0, 0.05) is 35.4 Å². The molecule has 1 aromatic heterocycles. The lowest BCUT2D eigenvalue weighted by atomic mass is 10.1. The van der Waals surface area contributed by atoms with Gasteiger partial charge in [-0.2, -0.15) is 11.8 Å². The van der Waals surface area contributed by atoms with Gasteiger partial charge in [-0.25, -0.2) is 0 Å². The lowest BCUT2D eigenvalue weighted by Crippen LogP contribution is -2.38. The van der Waals surface area contributed by atoms with Crippen LogP contribution in [0.3, 0.4) is 0 Å². The Hall–Kier alpha value is -1.62. The quantitative estimate of drug-likeness (QED) is 0.418. The minimum Gasteiger partial charge on any atom is -0.358 e. The fraction of sp³-hybridized carbons (Fsp3) is 0.471. The molecule has 0 aliphatic heterocycles. The summed E-state index contributed by atoms with van der Waals surface area (Å²) in [5, 5.41) is 8.05. The normalized spacial score (nSPS) is 11.9. The summed E-state index contributed by atoms with van der Waals surface area (Å²) in [4.78, 5) is 8.03. The Kier molecular flexibility index (Phi) is 6.65. The van der Waals surface area contributed by atoms with Crippen LogP contribution in [0.4, 0.5) is 0 Å². The van der Waals surface area contributed by atoms with E-state index in [0.717, 1.165) is 37.8 Å². The van der Waals surface area contributed by atoms with Crippen molar-refractivity contribution in [3.8, 4) is 0 Å². The molecule has 120 valence electrons. The summed E-state index contributed by atoms with van der Waals surface area (Å²) < 4.78 is 0. The molecule has 0 fully saturated rings. The molecule has 3 N–H and O–H groups in total. The summed E-state index contributed by atoms with van der Waals surface area (Å²) >= 11 is 1.82. The summed E-state index contributed by atoms with van der Waals surface area (Å²) in [7, 11) is 0. The number of fused-ring (bicyclic) bond motifs is 1. The number of thioether (sulfide) groups is 1. The van der Waals surface area contributed by atoms with Crippen LogP contribution >= 0.6 is 11.8 Å². The van der Waals surface area contributed by atoms with Gasteiger partial charge in [-0.15, -0.1) is 0 Å². The van der Waals surface area contributed by atoms with Crippen LogP contribution in [-0.2, 0) is 6.42 Å². The SMILES string of the molecule is CCNC(=NCCSC)NCCc1c(C)[nH]c2ccccc12. The number of nitrogens with zero attached hydrogens (tertiary/aromatic N) is 1. The van der Waals surface area contributed by atoms with Gasteiger partial charge in [0.05, 0.1) is 6.54 Å². The number of aromatic amines is 1. The van der Waals surface area contributed by atoms with Gasteiger partial charge < -0.3 is 15.6 Å². The number of hydrogen-bond donors (Lipinski definition) is 3. The van der Waals surface area contributed by atoms with Gasteiger partial charge in [0.15, 0.2) is 5.96 Å². The predicted molar refractivity (Wildman–Crippen MR) is 99.1 cm³/mol. The maximum Gasteiger partial charge on any atom is 0.191 e. The highest BCUT2D eigenvalue weighted by Crippen LogP contribution is 2.21. The lowest BCUT2D eigenvalue weighted by molar-refractivity contribution is 0.803. The number of H-pyrrole nitrogens is 1. The number of hydrogen-bond acceptors (Lipinski definition) is 2. The number of benzene rings is 1. The molecular weight excluding hydrogens is 292 g/mol. The molecule has 2 rings (SSSR count). The number of guanidine groups is 1. The van der Waals surface area contributed by atoms with Crippen molar-refractivity contribution in [1.29, 1.82) is 0 Å². The maximum absolute atomic E-state index is 4.57. The van der Waals surface area contributed by atoms with Gasteiger partial charge in [0.25, 0.3) is 0 Å². The third kappa shape index (κ3) is 4.44. The Morgan fingerprint density at radius 1 is 1.27 bits per heavy atom. The zero-order chi connectivity index (χ0) is 15.8. The predicted octanol–water partition coefficient (Wildman–Crippen LogP) is 2.94. The smallest absolute Gasteiger partial charge is 0.191 e. The Morgan fingerprint density at radius 3 is 2.86 bits per heavy atom. The van der Waals surface area contributed by atoms with Crippen molar-refractivity contribution in [3.05, 3.63) is 35.5 Å². The van der Waals surface area contributed by atoms with Crippen LogP contribution in [0, 0.1) is 6.92 Å². The van der Waals surface area contributed by atoms with Gasteiger partial charge in [0.1, 0.15) is 0 Å². The van der Waals surface area contributed by atoms with Crippen molar-refractivity contribution >= 4 is 28.6 Å².